The summed E-state index contributed by atoms with van der Waals surface area (Å²) in [6.07, 6.45) is 1.50. The highest BCUT2D eigenvalue weighted by Crippen LogP contribution is 2.25. The number of carbonyl (C=O) groups excluding carboxylic acids is 1. The van der Waals surface area contributed by atoms with Gasteiger partial charge in [0.25, 0.3) is 0 Å². The van der Waals surface area contributed by atoms with E-state index in [1.807, 2.05) is 27.7 Å². The Bertz CT molecular complexity index is 416. The molecule has 1 amide bonds. The van der Waals surface area contributed by atoms with Gasteiger partial charge in [0, 0.05) is 19.6 Å². The van der Waals surface area contributed by atoms with Gasteiger partial charge in [0.1, 0.15) is 6.04 Å². The second-order valence-corrected chi connectivity index (χ2v) is 6.93. The van der Waals surface area contributed by atoms with E-state index in [2.05, 4.69) is 4.90 Å². The second kappa shape index (κ2) is 6.96. The van der Waals surface area contributed by atoms with Gasteiger partial charge in [-0.05, 0) is 32.6 Å². The summed E-state index contributed by atoms with van der Waals surface area (Å²) in [6, 6.07) is -0.932. The molecule has 0 aromatic carbocycles. The molecule has 22 heavy (non-hydrogen) atoms. The molecular weight excluding hydrogens is 284 g/mol. The molecule has 126 valence electrons. The molecule has 6 nitrogen and oxygen atoms in total. The third kappa shape index (κ3) is 3.60. The average molecular weight is 312 g/mol. The van der Waals surface area contributed by atoms with Gasteiger partial charge in [-0.3, -0.25) is 9.69 Å². The van der Waals surface area contributed by atoms with Crippen LogP contribution in [0.15, 0.2) is 0 Å². The summed E-state index contributed by atoms with van der Waals surface area (Å²) in [5.74, 6) is -0.793. The van der Waals surface area contributed by atoms with Crippen LogP contribution in [-0.4, -0.2) is 70.7 Å². The van der Waals surface area contributed by atoms with Crippen LogP contribution in [0.25, 0.3) is 0 Å². The maximum Gasteiger partial charge on any atom is 0.326 e. The summed E-state index contributed by atoms with van der Waals surface area (Å²) < 4.78 is 5.75. The van der Waals surface area contributed by atoms with Crippen molar-refractivity contribution < 1.29 is 19.4 Å². The molecule has 0 saturated carbocycles. The fourth-order valence-corrected chi connectivity index (χ4v) is 3.76. The lowest BCUT2D eigenvalue weighted by Gasteiger charge is -2.42. The number of amides is 1. The van der Waals surface area contributed by atoms with Gasteiger partial charge in [-0.15, -0.1) is 0 Å². The van der Waals surface area contributed by atoms with Crippen LogP contribution in [0.1, 0.15) is 40.5 Å². The molecule has 1 N–H and O–H groups in total. The molecule has 0 aromatic rings. The van der Waals surface area contributed by atoms with E-state index < -0.39 is 12.0 Å². The van der Waals surface area contributed by atoms with Crippen LogP contribution < -0.4 is 0 Å². The first-order chi connectivity index (χ1) is 10.3. The number of carboxylic acids is 1. The van der Waals surface area contributed by atoms with Crippen molar-refractivity contribution in [3.63, 3.8) is 0 Å². The Morgan fingerprint density at radius 2 is 1.77 bits per heavy atom. The molecule has 2 saturated heterocycles. The molecule has 2 fully saturated rings. The summed E-state index contributed by atoms with van der Waals surface area (Å²) in [5.41, 5.74) is 0. The lowest BCUT2D eigenvalue weighted by molar-refractivity contribution is -0.154. The fraction of sp³-hybridized carbons (Fsp3) is 0.875. The third-order valence-electron chi connectivity index (χ3n) is 4.55. The third-order valence-corrected chi connectivity index (χ3v) is 4.55. The topological polar surface area (TPSA) is 70.1 Å². The SMILES string of the molecule is CC1CN(C(C(=O)N2CCCC2C(=O)O)C(C)C)CC(C)O1. The van der Waals surface area contributed by atoms with Gasteiger partial charge in [-0.2, -0.15) is 0 Å². The molecule has 0 spiro atoms. The standard InChI is InChI=1S/C16H28N2O4/c1-10(2)14(17-8-11(3)22-12(4)9-17)15(19)18-7-5-6-13(18)16(20)21/h10-14H,5-9H2,1-4H3,(H,20,21). The van der Waals surface area contributed by atoms with Gasteiger partial charge in [-0.1, -0.05) is 13.8 Å². The largest absolute Gasteiger partial charge is 0.480 e. The zero-order chi connectivity index (χ0) is 16.4. The van der Waals surface area contributed by atoms with Crippen LogP contribution in [0.5, 0.6) is 0 Å². The molecule has 0 aromatic heterocycles. The van der Waals surface area contributed by atoms with Gasteiger partial charge in [-0.25, -0.2) is 4.79 Å². The predicted octanol–water partition coefficient (Wildman–Crippen LogP) is 1.20. The summed E-state index contributed by atoms with van der Waals surface area (Å²) >= 11 is 0. The Hall–Kier alpha value is -1.14. The van der Waals surface area contributed by atoms with E-state index >= 15 is 0 Å². The van der Waals surface area contributed by atoms with Crippen molar-refractivity contribution in [3.05, 3.63) is 0 Å². The number of aliphatic carboxylic acids is 1. The zero-order valence-corrected chi connectivity index (χ0v) is 14.0. The minimum absolute atomic E-state index is 0.0406. The Kier molecular flexibility index (Phi) is 5.45. The van der Waals surface area contributed by atoms with Crippen molar-refractivity contribution in [2.45, 2.75) is 64.8 Å². The minimum atomic E-state index is -0.892. The summed E-state index contributed by atoms with van der Waals surface area (Å²) in [4.78, 5) is 28.1. The van der Waals surface area contributed by atoms with Crippen LogP contribution in [0.4, 0.5) is 0 Å². The second-order valence-electron chi connectivity index (χ2n) is 6.93. The zero-order valence-electron chi connectivity index (χ0n) is 14.0. The Morgan fingerprint density at radius 3 is 2.27 bits per heavy atom. The summed E-state index contributed by atoms with van der Waals surface area (Å²) in [5, 5.41) is 9.32. The summed E-state index contributed by atoms with van der Waals surface area (Å²) in [7, 11) is 0. The van der Waals surface area contributed by atoms with E-state index in [9.17, 15) is 14.7 Å². The minimum Gasteiger partial charge on any atom is -0.480 e. The number of carboxylic acid groups (broad SMARTS) is 1. The van der Waals surface area contributed by atoms with Crippen molar-refractivity contribution in [2.75, 3.05) is 19.6 Å². The first-order valence-corrected chi connectivity index (χ1v) is 8.24. The van der Waals surface area contributed by atoms with Crippen LogP contribution in [0, 0.1) is 5.92 Å². The molecule has 2 aliphatic heterocycles. The first-order valence-electron chi connectivity index (χ1n) is 8.24. The fourth-order valence-electron chi connectivity index (χ4n) is 3.76. The average Bonchev–Trinajstić information content (AvgIpc) is 2.86. The van der Waals surface area contributed by atoms with Crippen LogP contribution in [0.2, 0.25) is 0 Å². The first kappa shape index (κ1) is 17.2. The highest BCUT2D eigenvalue weighted by atomic mass is 16.5. The van der Waals surface area contributed by atoms with Gasteiger partial charge in [0.15, 0.2) is 0 Å². The number of hydrogen-bond acceptors (Lipinski definition) is 4. The maximum absolute atomic E-state index is 13.0. The molecule has 0 radical (unpaired) electrons. The van der Waals surface area contributed by atoms with E-state index in [1.54, 1.807) is 4.90 Å². The van der Waals surface area contributed by atoms with Gasteiger partial charge in [0.2, 0.25) is 5.91 Å². The van der Waals surface area contributed by atoms with Crippen LogP contribution in [0.3, 0.4) is 0 Å². The molecule has 4 atom stereocenters. The number of likely N-dealkylation sites (tertiary alicyclic amines) is 1. The lowest BCUT2D eigenvalue weighted by Crippen LogP contribution is -2.58. The quantitative estimate of drug-likeness (QED) is 0.844. The van der Waals surface area contributed by atoms with Crippen molar-refractivity contribution in [2.24, 2.45) is 5.92 Å². The molecule has 2 heterocycles. The number of carbonyl (C=O) groups is 2. The Balaban J connectivity index is 2.16. The number of ether oxygens (including phenoxy) is 1. The van der Waals surface area contributed by atoms with Gasteiger partial charge in [0.05, 0.1) is 18.2 Å². The molecule has 2 rings (SSSR count). The number of hydrogen-bond donors (Lipinski definition) is 1. The van der Waals surface area contributed by atoms with Crippen molar-refractivity contribution in [3.8, 4) is 0 Å². The monoisotopic (exact) mass is 312 g/mol. The Labute approximate surface area is 132 Å². The smallest absolute Gasteiger partial charge is 0.326 e. The molecule has 0 aliphatic carbocycles. The van der Waals surface area contributed by atoms with Crippen molar-refractivity contribution >= 4 is 11.9 Å². The van der Waals surface area contributed by atoms with E-state index in [-0.39, 0.29) is 30.1 Å². The highest BCUT2D eigenvalue weighted by molar-refractivity contribution is 5.87. The predicted molar refractivity (Wildman–Crippen MR) is 82.6 cm³/mol. The van der Waals surface area contributed by atoms with E-state index in [0.717, 1.165) is 6.42 Å². The molecule has 2 aliphatic rings. The van der Waals surface area contributed by atoms with E-state index in [1.165, 1.54) is 0 Å². The van der Waals surface area contributed by atoms with Gasteiger partial charge < -0.3 is 14.7 Å². The van der Waals surface area contributed by atoms with E-state index in [4.69, 9.17) is 4.74 Å². The highest BCUT2D eigenvalue weighted by Gasteiger charge is 2.41. The molecule has 4 unspecified atom stereocenters. The molecule has 6 heteroatoms. The number of rotatable bonds is 4. The van der Waals surface area contributed by atoms with Crippen molar-refractivity contribution in [1.82, 2.24) is 9.80 Å². The van der Waals surface area contributed by atoms with Crippen molar-refractivity contribution in [1.29, 1.82) is 0 Å². The van der Waals surface area contributed by atoms with Crippen LogP contribution in [-0.2, 0) is 14.3 Å². The molecular formula is C16H28N2O4. The number of morpholine rings is 1. The summed E-state index contributed by atoms with van der Waals surface area (Å²) in [6.45, 7) is 10.1. The molecule has 0 bridgehead atoms. The normalized spacial score (nSPS) is 31.5. The van der Waals surface area contributed by atoms with Crippen LogP contribution >= 0.6 is 0 Å². The number of nitrogens with zero attached hydrogens (tertiary/aromatic N) is 2. The maximum atomic E-state index is 13.0. The van der Waals surface area contributed by atoms with E-state index in [0.29, 0.717) is 26.1 Å². The lowest BCUT2D eigenvalue weighted by atomic mass is 9.98. The van der Waals surface area contributed by atoms with Gasteiger partial charge >= 0.3 is 5.97 Å². The Morgan fingerprint density at radius 1 is 1.18 bits per heavy atom.